The van der Waals surface area contributed by atoms with E-state index in [1.54, 1.807) is 0 Å². The molecule has 0 aromatic rings. The summed E-state index contributed by atoms with van der Waals surface area (Å²) in [7, 11) is -4.39. The zero-order chi connectivity index (χ0) is 39.6. The first-order chi connectivity index (χ1) is 26.3. The number of rotatable bonds is 37. The quantitative estimate of drug-likeness (QED) is 0.0274. The molecular weight excluding hydrogens is 701 g/mol. The number of phosphoric acid groups is 1. The van der Waals surface area contributed by atoms with Crippen LogP contribution in [0.1, 0.15) is 149 Å². The molecule has 0 spiro atoms. The topological polar surface area (TPSA) is 134 Å². The van der Waals surface area contributed by atoms with Gasteiger partial charge in [0.15, 0.2) is 6.10 Å². The summed E-state index contributed by atoms with van der Waals surface area (Å²) in [6.45, 7) is 3.48. The molecule has 3 N–H and O–H groups in total. The van der Waals surface area contributed by atoms with E-state index in [2.05, 4.69) is 98.9 Å². The van der Waals surface area contributed by atoms with E-state index in [4.69, 9.17) is 24.3 Å². The Morgan fingerprint density at radius 2 is 1.02 bits per heavy atom. The van der Waals surface area contributed by atoms with Gasteiger partial charge in [0, 0.05) is 19.4 Å². The summed E-state index contributed by atoms with van der Waals surface area (Å²) in [6, 6.07) is 0. The third-order valence-corrected chi connectivity index (χ3v) is 8.98. The lowest BCUT2D eigenvalue weighted by Gasteiger charge is -2.19. The molecule has 0 aliphatic carbocycles. The molecule has 2 atom stereocenters. The molecule has 0 saturated heterocycles. The molecule has 0 amide bonds. The fourth-order valence-electron chi connectivity index (χ4n) is 4.99. The summed E-state index contributed by atoms with van der Waals surface area (Å²) >= 11 is 0. The standard InChI is InChI=1S/C44H74NO8P/c1-3-5-7-9-11-13-15-16-17-18-19-20-21-22-23-24-25-26-27-29-31-33-35-37-44(47)53-42(41-52-54(48,49)51-39-38-45)40-50-43(46)36-34-32-30-28-14-12-10-8-6-4-2/h5,7-8,10-11,13,16-17,19-20,22-23,25-26,42H,3-4,6,9,12,14-15,18,21,24,27-41,45H2,1-2H3,(H,48,49)/b7-5-,10-8-,13-11-,17-16-,20-19-,23-22-,26-25-. The van der Waals surface area contributed by atoms with Gasteiger partial charge >= 0.3 is 19.8 Å². The Morgan fingerprint density at radius 3 is 1.54 bits per heavy atom. The summed E-state index contributed by atoms with van der Waals surface area (Å²) in [5.41, 5.74) is 5.33. The third kappa shape index (κ3) is 38.9. The lowest BCUT2D eigenvalue weighted by Crippen LogP contribution is -2.29. The average Bonchev–Trinajstić information content (AvgIpc) is 3.16. The predicted octanol–water partition coefficient (Wildman–Crippen LogP) is 11.7. The molecule has 0 heterocycles. The first-order valence-corrected chi connectivity index (χ1v) is 22.1. The van der Waals surface area contributed by atoms with E-state index in [0.29, 0.717) is 12.8 Å². The summed E-state index contributed by atoms with van der Waals surface area (Å²) in [4.78, 5) is 34.7. The summed E-state index contributed by atoms with van der Waals surface area (Å²) < 4.78 is 32.6. The molecule has 9 nitrogen and oxygen atoms in total. The number of phosphoric ester groups is 1. The van der Waals surface area contributed by atoms with Gasteiger partial charge in [-0.15, -0.1) is 0 Å². The van der Waals surface area contributed by atoms with Crippen LogP contribution in [0.4, 0.5) is 0 Å². The monoisotopic (exact) mass is 776 g/mol. The highest BCUT2D eigenvalue weighted by atomic mass is 31.2. The van der Waals surface area contributed by atoms with Crippen molar-refractivity contribution in [3.05, 3.63) is 85.1 Å². The maximum atomic E-state index is 12.6. The Kier molecular flexibility index (Phi) is 37.8. The largest absolute Gasteiger partial charge is 0.472 e. The number of hydrogen-bond donors (Lipinski definition) is 2. The minimum Gasteiger partial charge on any atom is -0.462 e. The number of carbonyl (C=O) groups excluding carboxylic acids is 2. The Bertz CT molecular complexity index is 1160. The number of hydrogen-bond acceptors (Lipinski definition) is 8. The molecule has 0 aromatic carbocycles. The lowest BCUT2D eigenvalue weighted by molar-refractivity contribution is -0.161. The van der Waals surface area contributed by atoms with E-state index in [9.17, 15) is 19.0 Å². The first-order valence-electron chi connectivity index (χ1n) is 20.6. The summed E-state index contributed by atoms with van der Waals surface area (Å²) in [6.07, 6.45) is 49.1. The van der Waals surface area contributed by atoms with Crippen molar-refractivity contribution in [1.82, 2.24) is 0 Å². The predicted molar refractivity (Wildman–Crippen MR) is 224 cm³/mol. The van der Waals surface area contributed by atoms with Crippen LogP contribution >= 0.6 is 7.82 Å². The van der Waals surface area contributed by atoms with Crippen molar-refractivity contribution >= 4 is 19.8 Å². The molecule has 308 valence electrons. The van der Waals surface area contributed by atoms with Crippen molar-refractivity contribution in [1.29, 1.82) is 0 Å². The van der Waals surface area contributed by atoms with Gasteiger partial charge in [0.05, 0.1) is 13.2 Å². The Balaban J connectivity index is 4.22. The van der Waals surface area contributed by atoms with Crippen molar-refractivity contribution in [3.8, 4) is 0 Å². The zero-order valence-corrected chi connectivity index (χ0v) is 34.6. The fraction of sp³-hybridized carbons (Fsp3) is 0.636. The van der Waals surface area contributed by atoms with Crippen LogP contribution in [-0.4, -0.2) is 49.3 Å². The number of esters is 2. The highest BCUT2D eigenvalue weighted by Gasteiger charge is 2.25. The molecule has 0 aliphatic heterocycles. The molecule has 0 bridgehead atoms. The normalized spacial score (nSPS) is 14.2. The van der Waals surface area contributed by atoms with Gasteiger partial charge in [0.25, 0.3) is 0 Å². The average molecular weight is 776 g/mol. The number of nitrogens with two attached hydrogens (primary N) is 1. The smallest absolute Gasteiger partial charge is 0.462 e. The van der Waals surface area contributed by atoms with Gasteiger partial charge in [0.2, 0.25) is 0 Å². The van der Waals surface area contributed by atoms with E-state index in [1.807, 2.05) is 0 Å². The SMILES string of the molecule is CC/C=C\C/C=C\C/C=C\C/C=C\C/C=C\C/C=C\CCCCCCC(=O)OC(COC(=O)CCCCCCC/C=C\CCC)COP(=O)(O)OCCN. The van der Waals surface area contributed by atoms with Crippen molar-refractivity contribution < 1.29 is 37.6 Å². The zero-order valence-electron chi connectivity index (χ0n) is 33.7. The molecule has 0 saturated carbocycles. The molecule has 54 heavy (non-hydrogen) atoms. The Morgan fingerprint density at radius 1 is 0.574 bits per heavy atom. The number of carbonyl (C=O) groups is 2. The van der Waals surface area contributed by atoms with Gasteiger partial charge in [-0.2, -0.15) is 0 Å². The van der Waals surface area contributed by atoms with Crippen molar-refractivity contribution in [2.24, 2.45) is 5.73 Å². The Hall–Kier alpha value is -2.81. The van der Waals surface area contributed by atoms with Crippen LogP contribution < -0.4 is 5.73 Å². The number of ether oxygens (including phenoxy) is 2. The van der Waals surface area contributed by atoms with Crippen LogP contribution in [0.3, 0.4) is 0 Å². The second-order valence-corrected chi connectivity index (χ2v) is 14.6. The van der Waals surface area contributed by atoms with Gasteiger partial charge < -0.3 is 20.1 Å². The fourth-order valence-corrected chi connectivity index (χ4v) is 5.76. The van der Waals surface area contributed by atoms with Gasteiger partial charge in [-0.25, -0.2) is 4.57 Å². The van der Waals surface area contributed by atoms with E-state index in [-0.39, 0.29) is 32.6 Å². The van der Waals surface area contributed by atoms with Crippen LogP contribution in [0.15, 0.2) is 85.1 Å². The number of allylic oxidation sites excluding steroid dienone is 14. The van der Waals surface area contributed by atoms with Crippen LogP contribution in [-0.2, 0) is 32.7 Å². The summed E-state index contributed by atoms with van der Waals surface area (Å²) in [5.74, 6) is -0.881. The summed E-state index contributed by atoms with van der Waals surface area (Å²) in [5, 5.41) is 0. The lowest BCUT2D eigenvalue weighted by atomic mass is 10.1. The second-order valence-electron chi connectivity index (χ2n) is 13.1. The van der Waals surface area contributed by atoms with Gasteiger partial charge in [-0.1, -0.05) is 137 Å². The van der Waals surface area contributed by atoms with Crippen LogP contribution in [0.5, 0.6) is 0 Å². The molecule has 0 aliphatic rings. The second kappa shape index (κ2) is 39.9. The molecule has 0 rings (SSSR count). The first kappa shape index (κ1) is 51.2. The minimum absolute atomic E-state index is 0.0430. The molecule has 0 aromatic heterocycles. The van der Waals surface area contributed by atoms with Crippen molar-refractivity contribution in [2.75, 3.05) is 26.4 Å². The van der Waals surface area contributed by atoms with E-state index in [1.165, 1.54) is 6.42 Å². The molecular formula is C44H74NO8P. The van der Waals surface area contributed by atoms with E-state index < -0.39 is 32.5 Å². The molecule has 10 heteroatoms. The minimum atomic E-state index is -4.39. The van der Waals surface area contributed by atoms with Crippen LogP contribution in [0, 0.1) is 0 Å². The van der Waals surface area contributed by atoms with Crippen LogP contribution in [0.25, 0.3) is 0 Å². The highest BCUT2D eigenvalue weighted by molar-refractivity contribution is 7.47. The number of unbranched alkanes of at least 4 members (excludes halogenated alkanes) is 10. The van der Waals surface area contributed by atoms with Crippen molar-refractivity contribution in [3.63, 3.8) is 0 Å². The van der Waals surface area contributed by atoms with Crippen LogP contribution in [0.2, 0.25) is 0 Å². The van der Waals surface area contributed by atoms with Crippen molar-refractivity contribution in [2.45, 2.75) is 155 Å². The maximum absolute atomic E-state index is 12.6. The van der Waals surface area contributed by atoms with Gasteiger partial charge in [0.1, 0.15) is 6.61 Å². The van der Waals surface area contributed by atoms with E-state index >= 15 is 0 Å². The van der Waals surface area contributed by atoms with Gasteiger partial charge in [-0.05, 0) is 83.5 Å². The highest BCUT2D eigenvalue weighted by Crippen LogP contribution is 2.43. The van der Waals surface area contributed by atoms with E-state index in [0.717, 1.165) is 103 Å². The Labute approximate surface area is 328 Å². The third-order valence-electron chi connectivity index (χ3n) is 8.00. The maximum Gasteiger partial charge on any atom is 0.472 e. The molecule has 0 fully saturated rings. The molecule has 0 radical (unpaired) electrons. The van der Waals surface area contributed by atoms with Gasteiger partial charge in [-0.3, -0.25) is 18.6 Å². The molecule has 2 unspecified atom stereocenters.